The zero-order valence-corrected chi connectivity index (χ0v) is 12.8. The molecule has 1 N–H and O–H groups in total. The minimum absolute atomic E-state index is 0.244. The van der Waals surface area contributed by atoms with Crippen molar-refractivity contribution in [1.29, 1.82) is 5.26 Å². The Labute approximate surface area is 118 Å². The number of rotatable bonds is 4. The number of hydrogen-bond acceptors (Lipinski definition) is 3. The van der Waals surface area contributed by atoms with Crippen LogP contribution in [0, 0.1) is 23.2 Å². The first-order chi connectivity index (χ1) is 9.11. The molecule has 2 rings (SSSR count). The second-order valence-corrected chi connectivity index (χ2v) is 6.73. The Morgan fingerprint density at radius 2 is 2.16 bits per heavy atom. The molecule has 0 amide bonds. The van der Waals surface area contributed by atoms with Gasteiger partial charge >= 0.3 is 0 Å². The topological polar surface area (TPSA) is 39.1 Å². The molecule has 108 valence electrons. The summed E-state index contributed by atoms with van der Waals surface area (Å²) < 4.78 is 0. The molecule has 0 aromatic carbocycles. The minimum Gasteiger partial charge on any atom is -0.302 e. The van der Waals surface area contributed by atoms with Gasteiger partial charge in [0.05, 0.1) is 6.07 Å². The zero-order valence-electron chi connectivity index (χ0n) is 12.8. The van der Waals surface area contributed by atoms with Crippen molar-refractivity contribution in [2.75, 3.05) is 20.1 Å². The molecule has 2 fully saturated rings. The van der Waals surface area contributed by atoms with Crippen LogP contribution in [-0.4, -0.2) is 36.6 Å². The highest BCUT2D eigenvalue weighted by molar-refractivity contribution is 5.13. The van der Waals surface area contributed by atoms with E-state index in [1.165, 1.54) is 45.2 Å². The van der Waals surface area contributed by atoms with Crippen molar-refractivity contribution in [3.05, 3.63) is 0 Å². The molecule has 3 nitrogen and oxygen atoms in total. The molecule has 1 heterocycles. The summed E-state index contributed by atoms with van der Waals surface area (Å²) >= 11 is 0. The van der Waals surface area contributed by atoms with E-state index in [4.69, 9.17) is 0 Å². The molecular weight excluding hydrogens is 234 g/mol. The smallest absolute Gasteiger partial charge is 0.109 e. The van der Waals surface area contributed by atoms with Crippen LogP contribution in [0.3, 0.4) is 0 Å². The highest BCUT2D eigenvalue weighted by atomic mass is 15.2. The Morgan fingerprint density at radius 1 is 1.37 bits per heavy atom. The minimum atomic E-state index is -0.244. The van der Waals surface area contributed by atoms with Gasteiger partial charge in [0.2, 0.25) is 0 Å². The summed E-state index contributed by atoms with van der Waals surface area (Å²) in [5.74, 6) is 1.42. The van der Waals surface area contributed by atoms with Crippen molar-refractivity contribution in [2.45, 2.75) is 64.0 Å². The SMILES string of the molecule is CNC1(C#N)CCCC1CCN1CCC(C)CC1C. The third-order valence-corrected chi connectivity index (χ3v) is 5.51. The number of likely N-dealkylation sites (tertiary alicyclic amines) is 1. The lowest BCUT2D eigenvalue weighted by molar-refractivity contribution is 0.117. The fourth-order valence-corrected chi connectivity index (χ4v) is 4.11. The number of nitrogens with one attached hydrogen (secondary N) is 1. The molecule has 0 aromatic rings. The molecule has 0 radical (unpaired) electrons. The highest BCUT2D eigenvalue weighted by Crippen LogP contribution is 2.37. The maximum atomic E-state index is 9.48. The van der Waals surface area contributed by atoms with Gasteiger partial charge in [0.25, 0.3) is 0 Å². The number of hydrogen-bond donors (Lipinski definition) is 1. The molecule has 0 spiro atoms. The standard InChI is InChI=1S/C16H29N3/c1-13-6-9-19(14(2)11-13)10-7-15-5-4-8-16(15,12-17)18-3/h13-15,18H,4-11H2,1-3H3. The van der Waals surface area contributed by atoms with E-state index in [0.717, 1.165) is 18.4 Å². The van der Waals surface area contributed by atoms with Gasteiger partial charge in [0, 0.05) is 6.04 Å². The first-order valence-corrected chi connectivity index (χ1v) is 7.95. The summed E-state index contributed by atoms with van der Waals surface area (Å²) in [6.45, 7) is 7.14. The van der Waals surface area contributed by atoms with E-state index in [2.05, 4.69) is 30.1 Å². The molecule has 0 aromatic heterocycles. The Balaban J connectivity index is 1.87. The Hall–Kier alpha value is -0.590. The van der Waals surface area contributed by atoms with Gasteiger partial charge in [0.1, 0.15) is 5.54 Å². The second-order valence-electron chi connectivity index (χ2n) is 6.73. The van der Waals surface area contributed by atoms with Crippen LogP contribution in [0.5, 0.6) is 0 Å². The predicted molar refractivity (Wildman–Crippen MR) is 78.8 cm³/mol. The van der Waals surface area contributed by atoms with Crippen LogP contribution in [0.15, 0.2) is 0 Å². The average Bonchev–Trinajstić information content (AvgIpc) is 2.81. The maximum Gasteiger partial charge on any atom is 0.109 e. The average molecular weight is 263 g/mol. The molecular formula is C16H29N3. The van der Waals surface area contributed by atoms with Crippen LogP contribution in [0.4, 0.5) is 0 Å². The van der Waals surface area contributed by atoms with Gasteiger partial charge < -0.3 is 10.2 Å². The fourth-order valence-electron chi connectivity index (χ4n) is 4.11. The van der Waals surface area contributed by atoms with E-state index in [-0.39, 0.29) is 5.54 Å². The molecule has 1 aliphatic heterocycles. The monoisotopic (exact) mass is 263 g/mol. The largest absolute Gasteiger partial charge is 0.302 e. The van der Waals surface area contributed by atoms with Crippen molar-refractivity contribution < 1.29 is 0 Å². The quantitative estimate of drug-likeness (QED) is 0.847. The lowest BCUT2D eigenvalue weighted by Gasteiger charge is -2.38. The van der Waals surface area contributed by atoms with Crippen LogP contribution in [0.25, 0.3) is 0 Å². The van der Waals surface area contributed by atoms with Gasteiger partial charge in [-0.15, -0.1) is 0 Å². The normalized spacial score (nSPS) is 40.2. The van der Waals surface area contributed by atoms with E-state index in [9.17, 15) is 5.26 Å². The lowest BCUT2D eigenvalue weighted by atomic mass is 9.85. The van der Waals surface area contributed by atoms with Crippen molar-refractivity contribution in [2.24, 2.45) is 11.8 Å². The summed E-state index contributed by atoms with van der Waals surface area (Å²) in [7, 11) is 1.95. The van der Waals surface area contributed by atoms with Crippen LogP contribution >= 0.6 is 0 Å². The third-order valence-electron chi connectivity index (χ3n) is 5.51. The summed E-state index contributed by atoms with van der Waals surface area (Å²) in [5.41, 5.74) is -0.244. The number of nitriles is 1. The Kier molecular flexibility index (Phi) is 4.86. The van der Waals surface area contributed by atoms with Crippen molar-refractivity contribution in [3.63, 3.8) is 0 Å². The summed E-state index contributed by atoms with van der Waals surface area (Å²) in [4.78, 5) is 2.64. The molecule has 1 saturated carbocycles. The van der Waals surface area contributed by atoms with E-state index < -0.39 is 0 Å². The Morgan fingerprint density at radius 3 is 2.79 bits per heavy atom. The van der Waals surface area contributed by atoms with E-state index >= 15 is 0 Å². The van der Waals surface area contributed by atoms with Crippen molar-refractivity contribution in [3.8, 4) is 6.07 Å². The first kappa shape index (κ1) is 14.8. The van der Waals surface area contributed by atoms with Crippen LogP contribution in [0.1, 0.15) is 52.4 Å². The second kappa shape index (κ2) is 6.24. The van der Waals surface area contributed by atoms with E-state index in [1.807, 2.05) is 7.05 Å². The molecule has 1 aliphatic carbocycles. The Bertz CT molecular complexity index is 335. The van der Waals surface area contributed by atoms with Crippen molar-refractivity contribution >= 4 is 0 Å². The van der Waals surface area contributed by atoms with Gasteiger partial charge in [-0.25, -0.2) is 0 Å². The molecule has 0 bridgehead atoms. The number of nitrogens with zero attached hydrogens (tertiary/aromatic N) is 2. The third kappa shape index (κ3) is 3.12. The summed E-state index contributed by atoms with van der Waals surface area (Å²) in [5, 5.41) is 12.8. The van der Waals surface area contributed by atoms with Gasteiger partial charge in [0.15, 0.2) is 0 Å². The number of piperidine rings is 1. The van der Waals surface area contributed by atoms with Crippen LogP contribution in [-0.2, 0) is 0 Å². The molecule has 2 aliphatic rings. The highest BCUT2D eigenvalue weighted by Gasteiger charge is 2.41. The molecule has 4 unspecified atom stereocenters. The molecule has 1 saturated heterocycles. The van der Waals surface area contributed by atoms with Gasteiger partial charge in [-0.2, -0.15) is 5.26 Å². The zero-order chi connectivity index (χ0) is 13.9. The van der Waals surface area contributed by atoms with Gasteiger partial charge in [-0.1, -0.05) is 13.3 Å². The van der Waals surface area contributed by atoms with Gasteiger partial charge in [-0.3, -0.25) is 0 Å². The molecule has 19 heavy (non-hydrogen) atoms. The van der Waals surface area contributed by atoms with Crippen LogP contribution < -0.4 is 5.32 Å². The van der Waals surface area contributed by atoms with Crippen molar-refractivity contribution in [1.82, 2.24) is 10.2 Å². The summed E-state index contributed by atoms with van der Waals surface area (Å²) in [6, 6.07) is 3.27. The van der Waals surface area contributed by atoms with Gasteiger partial charge in [-0.05, 0) is 71.0 Å². The van der Waals surface area contributed by atoms with E-state index in [0.29, 0.717) is 5.92 Å². The lowest BCUT2D eigenvalue weighted by Crippen LogP contribution is -2.47. The summed E-state index contributed by atoms with van der Waals surface area (Å²) in [6.07, 6.45) is 7.29. The fraction of sp³-hybridized carbons (Fsp3) is 0.938. The maximum absolute atomic E-state index is 9.48. The predicted octanol–water partition coefficient (Wildman–Crippen LogP) is 2.78. The van der Waals surface area contributed by atoms with Crippen LogP contribution in [0.2, 0.25) is 0 Å². The molecule has 4 atom stereocenters. The molecule has 3 heteroatoms. The van der Waals surface area contributed by atoms with E-state index in [1.54, 1.807) is 0 Å². The first-order valence-electron chi connectivity index (χ1n) is 7.95.